The topological polar surface area (TPSA) is 43.4 Å². The van der Waals surface area contributed by atoms with Crippen molar-refractivity contribution in [3.8, 4) is 0 Å². The van der Waals surface area contributed by atoms with Gasteiger partial charge in [0.25, 0.3) is 0 Å². The number of rotatable bonds is 3. The van der Waals surface area contributed by atoms with Crippen molar-refractivity contribution >= 4 is 11.8 Å². The monoisotopic (exact) mass is 252 g/mol. The van der Waals surface area contributed by atoms with Crippen LogP contribution in [0, 0.1) is 23.2 Å². The molecule has 0 aromatic carbocycles. The van der Waals surface area contributed by atoms with E-state index in [2.05, 4.69) is 6.92 Å². The summed E-state index contributed by atoms with van der Waals surface area (Å²) in [6.07, 6.45) is 4.93. The molecule has 2 rings (SSSR count). The van der Waals surface area contributed by atoms with Crippen molar-refractivity contribution in [3.63, 3.8) is 0 Å². The second-order valence-electron chi connectivity index (χ2n) is 6.19. The average Bonchev–Trinajstić information content (AvgIpc) is 2.67. The van der Waals surface area contributed by atoms with E-state index in [4.69, 9.17) is 4.74 Å². The van der Waals surface area contributed by atoms with Gasteiger partial charge in [-0.2, -0.15) is 0 Å². The standard InChI is InChI=1S/C15H24O3/c1-4-18-14(17)10(2)11-7-9-15(3)8-5-6-12(16)13(11)15/h10-11,13H,4-9H2,1-3H3/t10-,11-,13+,15+/m0/s1. The van der Waals surface area contributed by atoms with Crippen LogP contribution in [0.1, 0.15) is 52.9 Å². The van der Waals surface area contributed by atoms with Gasteiger partial charge in [-0.15, -0.1) is 0 Å². The second kappa shape index (κ2) is 5.02. The molecule has 3 heteroatoms. The molecule has 0 aliphatic heterocycles. The van der Waals surface area contributed by atoms with Crippen LogP contribution in [-0.4, -0.2) is 18.4 Å². The maximum Gasteiger partial charge on any atom is 0.308 e. The Morgan fingerprint density at radius 2 is 2.22 bits per heavy atom. The zero-order valence-corrected chi connectivity index (χ0v) is 11.7. The molecule has 0 spiro atoms. The van der Waals surface area contributed by atoms with E-state index in [0.717, 1.165) is 25.7 Å². The summed E-state index contributed by atoms with van der Waals surface area (Å²) in [5, 5.41) is 0. The second-order valence-corrected chi connectivity index (χ2v) is 6.19. The molecule has 0 unspecified atom stereocenters. The Balaban J connectivity index is 2.15. The summed E-state index contributed by atoms with van der Waals surface area (Å²) in [7, 11) is 0. The normalized spacial score (nSPS) is 37.2. The fourth-order valence-corrected chi connectivity index (χ4v) is 4.05. The highest BCUT2D eigenvalue weighted by molar-refractivity contribution is 5.84. The van der Waals surface area contributed by atoms with Crippen molar-refractivity contribution in [3.05, 3.63) is 0 Å². The lowest BCUT2D eigenvalue weighted by Crippen LogP contribution is -2.39. The van der Waals surface area contributed by atoms with Crippen molar-refractivity contribution in [2.45, 2.75) is 52.9 Å². The first-order valence-electron chi connectivity index (χ1n) is 7.19. The van der Waals surface area contributed by atoms with E-state index >= 15 is 0 Å². The summed E-state index contributed by atoms with van der Waals surface area (Å²) in [6.45, 7) is 6.41. The first-order chi connectivity index (χ1) is 8.49. The predicted octanol–water partition coefficient (Wildman–Crippen LogP) is 2.97. The molecule has 2 saturated carbocycles. The zero-order chi connectivity index (χ0) is 13.3. The van der Waals surface area contributed by atoms with E-state index in [0.29, 0.717) is 18.8 Å². The minimum atomic E-state index is -0.140. The van der Waals surface area contributed by atoms with Gasteiger partial charge in [-0.3, -0.25) is 9.59 Å². The minimum Gasteiger partial charge on any atom is -0.466 e. The SMILES string of the molecule is CCOC(=O)[C@@H](C)[C@@H]1CC[C@@]2(C)CCCC(=O)[C@@H]12. The molecule has 4 atom stereocenters. The molecular formula is C15H24O3. The van der Waals surface area contributed by atoms with Crippen molar-refractivity contribution < 1.29 is 14.3 Å². The summed E-state index contributed by atoms with van der Waals surface area (Å²) in [5.74, 6) is 0.388. The molecule has 0 N–H and O–H groups in total. The van der Waals surface area contributed by atoms with Crippen LogP contribution in [0.4, 0.5) is 0 Å². The Morgan fingerprint density at radius 1 is 1.50 bits per heavy atom. The highest BCUT2D eigenvalue weighted by atomic mass is 16.5. The van der Waals surface area contributed by atoms with E-state index in [1.807, 2.05) is 13.8 Å². The molecule has 0 aromatic rings. The van der Waals surface area contributed by atoms with Gasteiger partial charge in [0, 0.05) is 12.3 Å². The highest BCUT2D eigenvalue weighted by Crippen LogP contribution is 2.55. The first kappa shape index (κ1) is 13.6. The quantitative estimate of drug-likeness (QED) is 0.725. The number of carbonyl (C=O) groups excluding carboxylic acids is 2. The predicted molar refractivity (Wildman–Crippen MR) is 69.0 cm³/mol. The molecule has 0 heterocycles. The van der Waals surface area contributed by atoms with Gasteiger partial charge >= 0.3 is 5.97 Å². The molecule has 0 bridgehead atoms. The fourth-order valence-electron chi connectivity index (χ4n) is 4.05. The number of hydrogen-bond acceptors (Lipinski definition) is 3. The summed E-state index contributed by atoms with van der Waals surface area (Å²) >= 11 is 0. The van der Waals surface area contributed by atoms with Crippen LogP contribution in [0.15, 0.2) is 0 Å². The van der Waals surface area contributed by atoms with Gasteiger partial charge in [-0.25, -0.2) is 0 Å². The van der Waals surface area contributed by atoms with Crippen LogP contribution in [0.2, 0.25) is 0 Å². The van der Waals surface area contributed by atoms with Gasteiger partial charge in [-0.1, -0.05) is 13.8 Å². The zero-order valence-electron chi connectivity index (χ0n) is 11.7. The fraction of sp³-hybridized carbons (Fsp3) is 0.867. The van der Waals surface area contributed by atoms with Gasteiger partial charge in [0.05, 0.1) is 12.5 Å². The molecule has 0 saturated heterocycles. The lowest BCUT2D eigenvalue weighted by atomic mass is 9.65. The number of carbonyl (C=O) groups is 2. The molecule has 0 aromatic heterocycles. The van der Waals surface area contributed by atoms with Gasteiger partial charge in [0.1, 0.15) is 5.78 Å². The first-order valence-corrected chi connectivity index (χ1v) is 7.19. The average molecular weight is 252 g/mol. The molecule has 18 heavy (non-hydrogen) atoms. The molecule has 2 aliphatic carbocycles. The van der Waals surface area contributed by atoms with E-state index in [9.17, 15) is 9.59 Å². The van der Waals surface area contributed by atoms with Crippen molar-refractivity contribution in [1.82, 2.24) is 0 Å². The molecule has 102 valence electrons. The molecule has 0 radical (unpaired) electrons. The highest BCUT2D eigenvalue weighted by Gasteiger charge is 2.52. The Hall–Kier alpha value is -0.860. The molecule has 3 nitrogen and oxygen atoms in total. The number of ether oxygens (including phenoxy) is 1. The maximum absolute atomic E-state index is 12.2. The van der Waals surface area contributed by atoms with Crippen LogP contribution in [0.5, 0.6) is 0 Å². The van der Waals surface area contributed by atoms with Crippen molar-refractivity contribution in [2.75, 3.05) is 6.61 Å². The van der Waals surface area contributed by atoms with Gasteiger partial charge in [0.2, 0.25) is 0 Å². The summed E-state index contributed by atoms with van der Waals surface area (Å²) in [6, 6.07) is 0. The molecule has 0 amide bonds. The molecule has 2 fully saturated rings. The number of fused-ring (bicyclic) bond motifs is 1. The van der Waals surface area contributed by atoms with Gasteiger partial charge in [0.15, 0.2) is 0 Å². The molecule has 2 aliphatic rings. The van der Waals surface area contributed by atoms with Crippen LogP contribution in [0.25, 0.3) is 0 Å². The minimum absolute atomic E-state index is 0.0886. The Bertz CT molecular complexity index is 350. The lowest BCUT2D eigenvalue weighted by Gasteiger charge is -2.38. The van der Waals surface area contributed by atoms with E-state index in [-0.39, 0.29) is 29.1 Å². The Labute approximate surface area is 109 Å². The van der Waals surface area contributed by atoms with Crippen molar-refractivity contribution in [1.29, 1.82) is 0 Å². The number of hydrogen-bond donors (Lipinski definition) is 0. The van der Waals surface area contributed by atoms with E-state index in [1.54, 1.807) is 0 Å². The van der Waals surface area contributed by atoms with Gasteiger partial charge in [-0.05, 0) is 43.9 Å². The van der Waals surface area contributed by atoms with Gasteiger partial charge < -0.3 is 4.74 Å². The van der Waals surface area contributed by atoms with Crippen LogP contribution >= 0.6 is 0 Å². The third kappa shape index (κ3) is 2.19. The summed E-state index contributed by atoms with van der Waals surface area (Å²) in [5.41, 5.74) is 0.140. The third-order valence-electron chi connectivity index (χ3n) is 5.05. The Kier molecular flexibility index (Phi) is 3.79. The number of Topliss-reactive ketones (excluding diaryl/α,β-unsaturated/α-hetero) is 1. The van der Waals surface area contributed by atoms with Crippen LogP contribution in [-0.2, 0) is 14.3 Å². The molecular weight excluding hydrogens is 228 g/mol. The smallest absolute Gasteiger partial charge is 0.308 e. The van der Waals surface area contributed by atoms with Crippen molar-refractivity contribution in [2.24, 2.45) is 23.2 Å². The number of esters is 1. The number of ketones is 1. The van der Waals surface area contributed by atoms with Crippen LogP contribution < -0.4 is 0 Å². The maximum atomic E-state index is 12.2. The largest absolute Gasteiger partial charge is 0.466 e. The van der Waals surface area contributed by atoms with E-state index in [1.165, 1.54) is 0 Å². The third-order valence-corrected chi connectivity index (χ3v) is 5.05. The van der Waals surface area contributed by atoms with E-state index < -0.39 is 0 Å². The Morgan fingerprint density at radius 3 is 2.89 bits per heavy atom. The van der Waals surface area contributed by atoms with Crippen LogP contribution in [0.3, 0.4) is 0 Å². The summed E-state index contributed by atoms with van der Waals surface area (Å²) in [4.78, 5) is 24.1. The lowest BCUT2D eigenvalue weighted by molar-refractivity contribution is -0.151. The summed E-state index contributed by atoms with van der Waals surface area (Å²) < 4.78 is 5.11.